The first-order valence-corrected chi connectivity index (χ1v) is 4.77. The van der Waals surface area contributed by atoms with Crippen LogP contribution in [0.5, 0.6) is 0 Å². The Balaban J connectivity index is 2.59. The van der Waals surface area contributed by atoms with Gasteiger partial charge in [-0.3, -0.25) is 4.79 Å². The van der Waals surface area contributed by atoms with Crippen molar-refractivity contribution < 1.29 is 9.53 Å². The van der Waals surface area contributed by atoms with E-state index in [1.165, 1.54) is 0 Å². The van der Waals surface area contributed by atoms with Gasteiger partial charge in [0.2, 0.25) is 0 Å². The van der Waals surface area contributed by atoms with Gasteiger partial charge in [0.1, 0.15) is 6.29 Å². The molecule has 0 saturated carbocycles. The molecule has 0 radical (unpaired) electrons. The van der Waals surface area contributed by atoms with Crippen LogP contribution < -0.4 is 0 Å². The molecule has 1 aliphatic carbocycles. The minimum Gasteiger partial charge on any atom is -0.385 e. The highest BCUT2D eigenvalue weighted by atomic mass is 16.5. The Morgan fingerprint density at radius 3 is 2.85 bits per heavy atom. The second kappa shape index (κ2) is 4.05. The summed E-state index contributed by atoms with van der Waals surface area (Å²) in [5, 5.41) is 0. The van der Waals surface area contributed by atoms with Crippen molar-refractivity contribution >= 4 is 6.29 Å². The second-order valence-corrected chi connectivity index (χ2v) is 4.21. The van der Waals surface area contributed by atoms with Gasteiger partial charge in [-0.1, -0.05) is 19.9 Å². The van der Waals surface area contributed by atoms with Crippen LogP contribution in [0.25, 0.3) is 0 Å². The highest BCUT2D eigenvalue weighted by Gasteiger charge is 2.36. The predicted octanol–water partition coefficient (Wildman–Crippen LogP) is 2.19. The standard InChI is InChI=1S/C11H18O2/c1-11(2)9(6-7-13-3)4-5-10(11)8-12/h5,8-9H,4,6-7H2,1-3H3/t9-/m0/s1. The average Bonchev–Trinajstić information content (AvgIpc) is 2.37. The third-order valence-corrected chi connectivity index (χ3v) is 3.18. The number of hydrogen-bond acceptors (Lipinski definition) is 2. The van der Waals surface area contributed by atoms with Crippen LogP contribution in [-0.4, -0.2) is 20.0 Å². The van der Waals surface area contributed by atoms with Crippen LogP contribution in [0.1, 0.15) is 26.7 Å². The summed E-state index contributed by atoms with van der Waals surface area (Å²) in [4.78, 5) is 10.7. The topological polar surface area (TPSA) is 26.3 Å². The van der Waals surface area contributed by atoms with Gasteiger partial charge in [-0.15, -0.1) is 0 Å². The lowest BCUT2D eigenvalue weighted by Crippen LogP contribution is -2.23. The van der Waals surface area contributed by atoms with Crippen LogP contribution in [0.2, 0.25) is 0 Å². The fourth-order valence-electron chi connectivity index (χ4n) is 2.00. The molecule has 0 N–H and O–H groups in total. The van der Waals surface area contributed by atoms with Crippen LogP contribution in [0, 0.1) is 11.3 Å². The molecule has 0 unspecified atom stereocenters. The predicted molar refractivity (Wildman–Crippen MR) is 52.5 cm³/mol. The summed E-state index contributed by atoms with van der Waals surface area (Å²) in [6.07, 6.45) is 5.11. The molecule has 2 nitrogen and oxygen atoms in total. The first kappa shape index (κ1) is 10.5. The molecule has 0 spiro atoms. The Kier molecular flexibility index (Phi) is 3.26. The van der Waals surface area contributed by atoms with Crippen molar-refractivity contribution in [3.63, 3.8) is 0 Å². The largest absolute Gasteiger partial charge is 0.385 e. The molecular weight excluding hydrogens is 164 g/mol. The summed E-state index contributed by atoms with van der Waals surface area (Å²) < 4.78 is 5.05. The summed E-state index contributed by atoms with van der Waals surface area (Å²) in [6, 6.07) is 0. The second-order valence-electron chi connectivity index (χ2n) is 4.21. The summed E-state index contributed by atoms with van der Waals surface area (Å²) in [5.41, 5.74) is 0.994. The normalized spacial score (nSPS) is 25.8. The Bertz CT molecular complexity index is 216. The lowest BCUT2D eigenvalue weighted by atomic mass is 9.76. The van der Waals surface area contributed by atoms with Gasteiger partial charge in [-0.05, 0) is 29.7 Å². The van der Waals surface area contributed by atoms with Gasteiger partial charge in [0, 0.05) is 13.7 Å². The Labute approximate surface area is 80.0 Å². The molecular formula is C11H18O2. The molecule has 1 rings (SSSR count). The minimum atomic E-state index is 0.0419. The number of methoxy groups -OCH3 is 1. The zero-order valence-corrected chi connectivity index (χ0v) is 8.67. The van der Waals surface area contributed by atoms with E-state index in [2.05, 4.69) is 19.9 Å². The molecule has 0 aliphatic heterocycles. The number of aldehydes is 1. The molecule has 74 valence electrons. The molecule has 0 aromatic carbocycles. The number of hydrogen-bond donors (Lipinski definition) is 0. The van der Waals surface area contributed by atoms with Gasteiger partial charge in [0.05, 0.1) is 0 Å². The van der Waals surface area contributed by atoms with Gasteiger partial charge in [-0.2, -0.15) is 0 Å². The first-order chi connectivity index (χ1) is 6.12. The number of rotatable bonds is 4. The highest BCUT2D eigenvalue weighted by molar-refractivity contribution is 5.76. The van der Waals surface area contributed by atoms with Crippen LogP contribution >= 0.6 is 0 Å². The van der Waals surface area contributed by atoms with Crippen LogP contribution in [0.15, 0.2) is 11.6 Å². The Hall–Kier alpha value is -0.630. The zero-order chi connectivity index (χ0) is 9.90. The van der Waals surface area contributed by atoms with Crippen molar-refractivity contribution in [2.24, 2.45) is 11.3 Å². The molecule has 1 aliphatic rings. The van der Waals surface area contributed by atoms with E-state index in [1.807, 2.05) is 0 Å². The third kappa shape index (κ3) is 1.99. The van der Waals surface area contributed by atoms with E-state index in [0.29, 0.717) is 5.92 Å². The SMILES string of the molecule is COCC[C@@H]1CC=C(C=O)C1(C)C. The fraction of sp³-hybridized carbons (Fsp3) is 0.727. The summed E-state index contributed by atoms with van der Waals surface area (Å²) in [5.74, 6) is 0.563. The monoisotopic (exact) mass is 182 g/mol. The fourth-order valence-corrected chi connectivity index (χ4v) is 2.00. The molecule has 0 heterocycles. The van der Waals surface area contributed by atoms with Gasteiger partial charge >= 0.3 is 0 Å². The zero-order valence-electron chi connectivity index (χ0n) is 8.67. The minimum absolute atomic E-state index is 0.0419. The van der Waals surface area contributed by atoms with E-state index < -0.39 is 0 Å². The highest BCUT2D eigenvalue weighted by Crippen LogP contribution is 2.43. The van der Waals surface area contributed by atoms with Crippen molar-refractivity contribution in [3.05, 3.63) is 11.6 Å². The van der Waals surface area contributed by atoms with E-state index in [9.17, 15) is 4.79 Å². The number of carbonyl (C=O) groups is 1. The maximum atomic E-state index is 10.7. The molecule has 0 saturated heterocycles. The molecule has 0 amide bonds. The Morgan fingerprint density at radius 1 is 1.69 bits per heavy atom. The molecule has 0 bridgehead atoms. The van der Waals surface area contributed by atoms with Crippen molar-refractivity contribution in [2.45, 2.75) is 26.7 Å². The third-order valence-electron chi connectivity index (χ3n) is 3.18. The summed E-state index contributed by atoms with van der Waals surface area (Å²) in [7, 11) is 1.72. The van der Waals surface area contributed by atoms with E-state index >= 15 is 0 Å². The van der Waals surface area contributed by atoms with Crippen LogP contribution in [0.3, 0.4) is 0 Å². The van der Waals surface area contributed by atoms with Crippen molar-refractivity contribution in [1.82, 2.24) is 0 Å². The molecule has 0 aromatic rings. The molecule has 0 aromatic heterocycles. The van der Waals surface area contributed by atoms with Gasteiger partial charge in [0.15, 0.2) is 0 Å². The quantitative estimate of drug-likeness (QED) is 0.623. The maximum absolute atomic E-state index is 10.7. The number of ether oxygens (including phenoxy) is 1. The molecule has 13 heavy (non-hydrogen) atoms. The van der Waals surface area contributed by atoms with Gasteiger partial charge in [-0.25, -0.2) is 0 Å². The van der Waals surface area contributed by atoms with E-state index in [4.69, 9.17) is 4.74 Å². The molecule has 1 atom stereocenters. The van der Waals surface area contributed by atoms with E-state index in [-0.39, 0.29) is 5.41 Å². The summed E-state index contributed by atoms with van der Waals surface area (Å²) in [6.45, 7) is 5.06. The van der Waals surface area contributed by atoms with Crippen LogP contribution in [-0.2, 0) is 9.53 Å². The number of allylic oxidation sites excluding steroid dienone is 2. The average molecular weight is 182 g/mol. The smallest absolute Gasteiger partial charge is 0.146 e. The first-order valence-electron chi connectivity index (χ1n) is 4.77. The lowest BCUT2D eigenvalue weighted by Gasteiger charge is -2.28. The van der Waals surface area contributed by atoms with E-state index in [1.54, 1.807) is 7.11 Å². The Morgan fingerprint density at radius 2 is 2.38 bits per heavy atom. The van der Waals surface area contributed by atoms with Crippen molar-refractivity contribution in [3.8, 4) is 0 Å². The van der Waals surface area contributed by atoms with Gasteiger partial charge < -0.3 is 4.74 Å². The summed E-state index contributed by atoms with van der Waals surface area (Å²) >= 11 is 0. The van der Waals surface area contributed by atoms with Crippen molar-refractivity contribution in [2.75, 3.05) is 13.7 Å². The van der Waals surface area contributed by atoms with E-state index in [0.717, 1.165) is 31.3 Å². The number of carbonyl (C=O) groups excluding carboxylic acids is 1. The lowest BCUT2D eigenvalue weighted by molar-refractivity contribution is -0.105. The molecule has 0 fully saturated rings. The van der Waals surface area contributed by atoms with Gasteiger partial charge in [0.25, 0.3) is 0 Å². The molecule has 2 heteroatoms. The van der Waals surface area contributed by atoms with Crippen LogP contribution in [0.4, 0.5) is 0 Å². The van der Waals surface area contributed by atoms with Crippen molar-refractivity contribution in [1.29, 1.82) is 0 Å². The maximum Gasteiger partial charge on any atom is 0.146 e.